The monoisotopic (exact) mass is 266 g/mol. The molecule has 0 spiro atoms. The van der Waals surface area contributed by atoms with Crippen molar-refractivity contribution in [1.82, 2.24) is 14.5 Å². The standard InChI is InChI=1S/C12H18N4OS/c1-7(2)15-5-9-10(13-6-15)16-4-8(3)18-12(16)14-11(9)17/h7-8,13H,4-6H2,1-3H3/t8-/m0/s1. The van der Waals surface area contributed by atoms with Crippen LogP contribution in [-0.4, -0.2) is 32.4 Å². The third kappa shape index (κ3) is 1.83. The lowest BCUT2D eigenvalue weighted by Crippen LogP contribution is -2.42. The Kier molecular flexibility index (Phi) is 2.86. The van der Waals surface area contributed by atoms with Gasteiger partial charge in [0.2, 0.25) is 0 Å². The molecule has 1 aromatic rings. The molecule has 0 saturated heterocycles. The Balaban J connectivity index is 2.05. The maximum Gasteiger partial charge on any atom is 0.280 e. The Morgan fingerprint density at radius 3 is 3.00 bits per heavy atom. The average Bonchev–Trinajstić information content (AvgIpc) is 2.69. The second-order valence-electron chi connectivity index (χ2n) is 5.24. The number of nitrogens with one attached hydrogen (secondary N) is 1. The first-order chi connectivity index (χ1) is 8.56. The summed E-state index contributed by atoms with van der Waals surface area (Å²) in [5.41, 5.74) is 0.740. The second-order valence-corrected chi connectivity index (χ2v) is 6.65. The van der Waals surface area contributed by atoms with Crippen LogP contribution in [0.4, 0.5) is 5.82 Å². The molecule has 3 rings (SSSR count). The minimum Gasteiger partial charge on any atom is -0.358 e. The van der Waals surface area contributed by atoms with Crippen molar-refractivity contribution in [3.8, 4) is 0 Å². The van der Waals surface area contributed by atoms with Gasteiger partial charge in [0.25, 0.3) is 5.56 Å². The van der Waals surface area contributed by atoms with Gasteiger partial charge in [-0.15, -0.1) is 0 Å². The molecule has 98 valence electrons. The second kappa shape index (κ2) is 4.28. The Morgan fingerprint density at radius 2 is 2.28 bits per heavy atom. The molecule has 1 N–H and O–H groups in total. The summed E-state index contributed by atoms with van der Waals surface area (Å²) in [6.45, 7) is 8.88. The van der Waals surface area contributed by atoms with Crippen LogP contribution < -0.4 is 10.9 Å². The van der Waals surface area contributed by atoms with Crippen molar-refractivity contribution in [2.75, 3.05) is 12.0 Å². The largest absolute Gasteiger partial charge is 0.358 e. The van der Waals surface area contributed by atoms with E-state index >= 15 is 0 Å². The molecule has 0 radical (unpaired) electrons. The van der Waals surface area contributed by atoms with Crippen molar-refractivity contribution in [3.63, 3.8) is 0 Å². The summed E-state index contributed by atoms with van der Waals surface area (Å²) < 4.78 is 2.16. The van der Waals surface area contributed by atoms with Crippen molar-refractivity contribution in [3.05, 3.63) is 15.9 Å². The first-order valence-corrected chi connectivity index (χ1v) is 7.22. The maximum atomic E-state index is 12.1. The van der Waals surface area contributed by atoms with Gasteiger partial charge in [-0.2, -0.15) is 4.98 Å². The zero-order valence-electron chi connectivity index (χ0n) is 10.9. The van der Waals surface area contributed by atoms with E-state index in [9.17, 15) is 4.79 Å². The minimum atomic E-state index is -0.0734. The lowest BCUT2D eigenvalue weighted by molar-refractivity contribution is 0.217. The number of fused-ring (bicyclic) bond motifs is 3. The first-order valence-electron chi connectivity index (χ1n) is 6.34. The fourth-order valence-corrected chi connectivity index (χ4v) is 3.47. The van der Waals surface area contributed by atoms with Crippen molar-refractivity contribution in [1.29, 1.82) is 0 Å². The van der Waals surface area contributed by atoms with Gasteiger partial charge in [-0.25, -0.2) is 0 Å². The summed E-state index contributed by atoms with van der Waals surface area (Å²) in [4.78, 5) is 18.5. The van der Waals surface area contributed by atoms with Gasteiger partial charge in [0.15, 0.2) is 5.16 Å². The number of thioether (sulfide) groups is 1. The number of aromatic nitrogens is 2. The van der Waals surface area contributed by atoms with Crippen LogP contribution in [0.3, 0.4) is 0 Å². The van der Waals surface area contributed by atoms with Gasteiger partial charge in [-0.05, 0) is 13.8 Å². The molecule has 0 unspecified atom stereocenters. The molecule has 0 aliphatic carbocycles. The number of rotatable bonds is 1. The molecule has 3 heterocycles. The molecular formula is C12H18N4OS. The van der Waals surface area contributed by atoms with Gasteiger partial charge in [-0.1, -0.05) is 18.7 Å². The quantitative estimate of drug-likeness (QED) is 0.777. The molecule has 0 aromatic carbocycles. The highest BCUT2D eigenvalue weighted by Crippen LogP contribution is 2.34. The van der Waals surface area contributed by atoms with E-state index in [-0.39, 0.29) is 5.56 Å². The van der Waals surface area contributed by atoms with E-state index in [1.54, 1.807) is 11.8 Å². The van der Waals surface area contributed by atoms with Gasteiger partial charge >= 0.3 is 0 Å². The Morgan fingerprint density at radius 1 is 1.50 bits per heavy atom. The molecule has 2 aliphatic heterocycles. The molecule has 0 amide bonds. The molecule has 0 bridgehead atoms. The summed E-state index contributed by atoms with van der Waals surface area (Å²) in [5.74, 6) is 0.985. The van der Waals surface area contributed by atoms with Crippen molar-refractivity contribution >= 4 is 17.6 Å². The molecule has 0 fully saturated rings. The van der Waals surface area contributed by atoms with E-state index in [1.165, 1.54) is 0 Å². The summed E-state index contributed by atoms with van der Waals surface area (Å²) in [6.07, 6.45) is 0. The number of hydrogen-bond donors (Lipinski definition) is 1. The van der Waals surface area contributed by atoms with E-state index in [0.29, 0.717) is 17.8 Å². The zero-order valence-corrected chi connectivity index (χ0v) is 11.8. The highest BCUT2D eigenvalue weighted by atomic mass is 32.2. The summed E-state index contributed by atoms with van der Waals surface area (Å²) in [5, 5.41) is 4.74. The van der Waals surface area contributed by atoms with Crippen LogP contribution in [0.5, 0.6) is 0 Å². The van der Waals surface area contributed by atoms with Crippen LogP contribution in [0.25, 0.3) is 0 Å². The summed E-state index contributed by atoms with van der Waals surface area (Å²) in [7, 11) is 0. The topological polar surface area (TPSA) is 50.2 Å². The van der Waals surface area contributed by atoms with E-state index in [1.807, 2.05) is 0 Å². The van der Waals surface area contributed by atoms with Gasteiger partial charge < -0.3 is 9.88 Å². The smallest absolute Gasteiger partial charge is 0.280 e. The van der Waals surface area contributed by atoms with Crippen LogP contribution in [0.15, 0.2) is 9.95 Å². The summed E-state index contributed by atoms with van der Waals surface area (Å²) in [6, 6.07) is 0.427. The van der Waals surface area contributed by atoms with Crippen molar-refractivity contribution < 1.29 is 0 Å². The predicted molar refractivity (Wildman–Crippen MR) is 73.0 cm³/mol. The zero-order chi connectivity index (χ0) is 12.9. The third-order valence-electron chi connectivity index (χ3n) is 3.53. The van der Waals surface area contributed by atoms with E-state index in [0.717, 1.165) is 29.8 Å². The van der Waals surface area contributed by atoms with E-state index < -0.39 is 0 Å². The van der Waals surface area contributed by atoms with Crippen LogP contribution >= 0.6 is 11.8 Å². The maximum absolute atomic E-state index is 12.1. The molecule has 0 saturated carbocycles. The lowest BCUT2D eigenvalue weighted by atomic mass is 10.2. The Hall–Kier alpha value is -1.01. The first kappa shape index (κ1) is 12.0. The van der Waals surface area contributed by atoms with Crippen LogP contribution in [-0.2, 0) is 13.1 Å². The Bertz CT molecular complexity index is 540. The minimum absolute atomic E-state index is 0.0734. The van der Waals surface area contributed by atoms with E-state index in [4.69, 9.17) is 0 Å². The van der Waals surface area contributed by atoms with Crippen molar-refractivity contribution in [2.45, 2.75) is 50.3 Å². The summed E-state index contributed by atoms with van der Waals surface area (Å²) >= 11 is 1.68. The fourth-order valence-electron chi connectivity index (χ4n) is 2.45. The number of anilines is 1. The molecule has 18 heavy (non-hydrogen) atoms. The Labute approximate surface area is 111 Å². The third-order valence-corrected chi connectivity index (χ3v) is 4.60. The molecule has 5 nitrogen and oxygen atoms in total. The molecule has 2 aliphatic rings. The SMILES string of the molecule is CC(C)N1CNc2c(c(=O)nc3n2C[C@H](C)S3)C1. The highest BCUT2D eigenvalue weighted by Gasteiger charge is 2.29. The van der Waals surface area contributed by atoms with Gasteiger partial charge in [0, 0.05) is 24.4 Å². The predicted octanol–water partition coefficient (Wildman–Crippen LogP) is 1.33. The van der Waals surface area contributed by atoms with E-state index in [2.05, 4.69) is 40.5 Å². The molecule has 6 heteroatoms. The number of hydrogen-bond acceptors (Lipinski definition) is 5. The average molecular weight is 266 g/mol. The van der Waals surface area contributed by atoms with Crippen LogP contribution in [0.2, 0.25) is 0 Å². The normalized spacial score (nSPS) is 22.8. The van der Waals surface area contributed by atoms with Crippen molar-refractivity contribution in [2.24, 2.45) is 0 Å². The molecular weight excluding hydrogens is 248 g/mol. The van der Waals surface area contributed by atoms with Crippen LogP contribution in [0.1, 0.15) is 26.3 Å². The highest BCUT2D eigenvalue weighted by molar-refractivity contribution is 7.99. The lowest BCUT2D eigenvalue weighted by Gasteiger charge is -2.33. The van der Waals surface area contributed by atoms with Gasteiger partial charge in [0.1, 0.15) is 5.82 Å². The van der Waals surface area contributed by atoms with Crippen LogP contribution in [0, 0.1) is 0 Å². The van der Waals surface area contributed by atoms with Gasteiger partial charge in [0.05, 0.1) is 12.2 Å². The fraction of sp³-hybridized carbons (Fsp3) is 0.667. The molecule has 1 aromatic heterocycles. The molecule has 1 atom stereocenters. The number of nitrogens with zero attached hydrogens (tertiary/aromatic N) is 3. The van der Waals surface area contributed by atoms with Gasteiger partial charge in [-0.3, -0.25) is 9.69 Å².